The number of nitrogen functional groups attached to an aromatic ring is 1. The molecule has 6 heteroatoms. The van der Waals surface area contributed by atoms with Gasteiger partial charge in [0.05, 0.1) is 0 Å². The molecule has 0 bridgehead atoms. The first kappa shape index (κ1) is 17.3. The smallest absolute Gasteiger partial charge is 0.268 e. The van der Waals surface area contributed by atoms with E-state index in [2.05, 4.69) is 23.7 Å². The zero-order chi connectivity index (χ0) is 17.7. The average molecular weight is 321 g/mol. The molecule has 0 saturated heterocycles. The molecule has 0 fully saturated rings. The van der Waals surface area contributed by atoms with Crippen molar-refractivity contribution in [3.8, 4) is 23.3 Å². The average Bonchev–Trinajstić information content (AvgIpc) is 2.59. The van der Waals surface area contributed by atoms with Gasteiger partial charge in [-0.05, 0) is 30.3 Å². The van der Waals surface area contributed by atoms with Crippen LogP contribution in [0.25, 0.3) is 11.1 Å². The molecule has 2 aromatic rings. The molecule has 0 aliphatic heterocycles. The normalized spacial score (nSPS) is 10.4. The quantitative estimate of drug-likeness (QED) is 0.877. The monoisotopic (exact) mass is 321 g/mol. The molecule has 0 aliphatic carbocycles. The largest absolute Gasteiger partial charge is 0.384 e. The second kappa shape index (κ2) is 7.45. The molecule has 1 heterocycles. The summed E-state index contributed by atoms with van der Waals surface area (Å²) < 4.78 is 0. The molecule has 122 valence electrons. The molecule has 2 rings (SSSR count). The second-order valence-corrected chi connectivity index (χ2v) is 5.38. The van der Waals surface area contributed by atoms with Crippen LogP contribution < -0.4 is 11.3 Å². The predicted octanol–water partition coefficient (Wildman–Crippen LogP) is 2.21. The van der Waals surface area contributed by atoms with Gasteiger partial charge in [0.25, 0.3) is 5.56 Å². The van der Waals surface area contributed by atoms with Crippen molar-refractivity contribution in [1.29, 1.82) is 10.5 Å². The number of nitrogens with two attached hydrogens (primary N) is 1. The Morgan fingerprint density at radius 3 is 2.42 bits per heavy atom. The summed E-state index contributed by atoms with van der Waals surface area (Å²) >= 11 is 0. The molecule has 0 radical (unpaired) electrons. The summed E-state index contributed by atoms with van der Waals surface area (Å²) in [7, 11) is 0. The lowest BCUT2D eigenvalue weighted by atomic mass is 9.95. The van der Waals surface area contributed by atoms with E-state index in [0.717, 1.165) is 25.2 Å². The molecule has 0 unspecified atom stereocenters. The number of aromatic nitrogens is 1. The molecule has 0 saturated carbocycles. The van der Waals surface area contributed by atoms with Crippen molar-refractivity contribution in [3.63, 3.8) is 0 Å². The van der Waals surface area contributed by atoms with Gasteiger partial charge in [0, 0.05) is 12.1 Å². The van der Waals surface area contributed by atoms with Crippen LogP contribution in [0.3, 0.4) is 0 Å². The van der Waals surface area contributed by atoms with E-state index < -0.39 is 5.56 Å². The lowest BCUT2D eigenvalue weighted by Gasteiger charge is -2.18. The standard InChI is InChI=1S/C18H19N5O/c1-3-23(4-2)11-12-6-5-7-13(8-12)16-14(9-19)17(21)22-18(24)15(16)10-20/h5-8H,3-4,11H2,1-2H3,(H3,21,22,24). The summed E-state index contributed by atoms with van der Waals surface area (Å²) in [5, 5.41) is 18.7. The van der Waals surface area contributed by atoms with Crippen LogP contribution in [0.5, 0.6) is 0 Å². The number of nitrogens with one attached hydrogen (secondary N) is 1. The number of hydrogen-bond donors (Lipinski definition) is 2. The zero-order valence-corrected chi connectivity index (χ0v) is 13.8. The van der Waals surface area contributed by atoms with Crippen molar-refractivity contribution in [2.45, 2.75) is 20.4 Å². The highest BCUT2D eigenvalue weighted by Gasteiger charge is 2.18. The molecule has 1 aromatic heterocycles. The third-order valence-electron chi connectivity index (χ3n) is 3.98. The summed E-state index contributed by atoms with van der Waals surface area (Å²) in [4.78, 5) is 16.6. The van der Waals surface area contributed by atoms with E-state index in [4.69, 9.17) is 5.73 Å². The van der Waals surface area contributed by atoms with Crippen LogP contribution in [0.4, 0.5) is 5.82 Å². The predicted molar refractivity (Wildman–Crippen MR) is 93.0 cm³/mol. The molecule has 0 amide bonds. The minimum Gasteiger partial charge on any atom is -0.384 e. The van der Waals surface area contributed by atoms with Crippen molar-refractivity contribution >= 4 is 5.82 Å². The third kappa shape index (κ3) is 3.29. The van der Waals surface area contributed by atoms with Crippen molar-refractivity contribution in [2.24, 2.45) is 0 Å². The Bertz CT molecular complexity index is 882. The molecular formula is C18H19N5O. The topological polar surface area (TPSA) is 110 Å². The van der Waals surface area contributed by atoms with Crippen molar-refractivity contribution in [1.82, 2.24) is 9.88 Å². The molecular weight excluding hydrogens is 302 g/mol. The molecule has 0 aliphatic rings. The number of benzene rings is 1. The number of aromatic amines is 1. The number of rotatable bonds is 5. The number of hydrogen-bond acceptors (Lipinski definition) is 5. The summed E-state index contributed by atoms with van der Waals surface area (Å²) in [6, 6.07) is 11.4. The van der Waals surface area contributed by atoms with E-state index in [1.54, 1.807) is 6.07 Å². The second-order valence-electron chi connectivity index (χ2n) is 5.38. The Hall–Kier alpha value is -3.09. The summed E-state index contributed by atoms with van der Waals surface area (Å²) in [6.07, 6.45) is 0. The fraction of sp³-hybridized carbons (Fsp3) is 0.278. The van der Waals surface area contributed by atoms with Gasteiger partial charge in [-0.1, -0.05) is 32.0 Å². The van der Waals surface area contributed by atoms with Crippen LogP contribution in [-0.4, -0.2) is 23.0 Å². The molecule has 1 aromatic carbocycles. The summed E-state index contributed by atoms with van der Waals surface area (Å²) in [5.74, 6) is -0.0226. The van der Waals surface area contributed by atoms with Gasteiger partial charge in [-0.2, -0.15) is 10.5 Å². The van der Waals surface area contributed by atoms with Crippen LogP contribution in [0.15, 0.2) is 29.1 Å². The first-order valence-corrected chi connectivity index (χ1v) is 7.73. The first-order valence-electron chi connectivity index (χ1n) is 7.73. The molecule has 0 spiro atoms. The summed E-state index contributed by atoms with van der Waals surface area (Å²) in [5.41, 5.74) is 7.18. The Morgan fingerprint density at radius 2 is 1.83 bits per heavy atom. The fourth-order valence-corrected chi connectivity index (χ4v) is 2.66. The molecule has 3 N–H and O–H groups in total. The van der Waals surface area contributed by atoms with E-state index in [1.165, 1.54) is 0 Å². The van der Waals surface area contributed by atoms with Gasteiger partial charge in [0.2, 0.25) is 0 Å². The van der Waals surface area contributed by atoms with Crippen LogP contribution in [-0.2, 0) is 6.54 Å². The number of H-pyrrole nitrogens is 1. The van der Waals surface area contributed by atoms with Crippen LogP contribution in [0, 0.1) is 22.7 Å². The number of pyridine rings is 1. The Kier molecular flexibility index (Phi) is 5.36. The highest BCUT2D eigenvalue weighted by atomic mass is 16.1. The molecule has 6 nitrogen and oxygen atoms in total. The number of nitriles is 2. The zero-order valence-electron chi connectivity index (χ0n) is 13.8. The minimum atomic E-state index is -0.585. The minimum absolute atomic E-state index is 0.0226. The summed E-state index contributed by atoms with van der Waals surface area (Å²) in [6.45, 7) is 6.78. The highest BCUT2D eigenvalue weighted by Crippen LogP contribution is 2.28. The molecule has 0 atom stereocenters. The van der Waals surface area contributed by atoms with Gasteiger partial charge in [-0.25, -0.2) is 0 Å². The van der Waals surface area contributed by atoms with Gasteiger partial charge in [-0.15, -0.1) is 0 Å². The van der Waals surface area contributed by atoms with E-state index in [9.17, 15) is 15.3 Å². The van der Waals surface area contributed by atoms with Gasteiger partial charge in [0.1, 0.15) is 29.1 Å². The molecule has 24 heavy (non-hydrogen) atoms. The first-order chi connectivity index (χ1) is 11.5. The maximum atomic E-state index is 12.0. The van der Waals surface area contributed by atoms with Crippen LogP contribution in [0.1, 0.15) is 30.5 Å². The van der Waals surface area contributed by atoms with E-state index >= 15 is 0 Å². The van der Waals surface area contributed by atoms with E-state index in [-0.39, 0.29) is 16.9 Å². The Labute approximate surface area is 140 Å². The van der Waals surface area contributed by atoms with Crippen molar-refractivity contribution < 1.29 is 0 Å². The van der Waals surface area contributed by atoms with E-state index in [1.807, 2.05) is 30.3 Å². The highest BCUT2D eigenvalue weighted by molar-refractivity contribution is 5.80. The third-order valence-corrected chi connectivity index (χ3v) is 3.98. The lowest BCUT2D eigenvalue weighted by molar-refractivity contribution is 0.296. The van der Waals surface area contributed by atoms with Gasteiger partial charge >= 0.3 is 0 Å². The SMILES string of the molecule is CCN(CC)Cc1cccc(-c2c(C#N)c(N)[nH]c(=O)c2C#N)c1. The number of nitrogens with zero attached hydrogens (tertiary/aromatic N) is 3. The number of anilines is 1. The van der Waals surface area contributed by atoms with E-state index in [0.29, 0.717) is 11.1 Å². The van der Waals surface area contributed by atoms with Crippen molar-refractivity contribution in [3.05, 3.63) is 51.3 Å². The van der Waals surface area contributed by atoms with Crippen LogP contribution in [0.2, 0.25) is 0 Å². The van der Waals surface area contributed by atoms with Crippen molar-refractivity contribution in [2.75, 3.05) is 18.8 Å². The van der Waals surface area contributed by atoms with Crippen LogP contribution >= 0.6 is 0 Å². The van der Waals surface area contributed by atoms with Gasteiger partial charge < -0.3 is 10.7 Å². The Morgan fingerprint density at radius 1 is 1.17 bits per heavy atom. The fourth-order valence-electron chi connectivity index (χ4n) is 2.66. The maximum absolute atomic E-state index is 12.0. The lowest BCUT2D eigenvalue weighted by Crippen LogP contribution is -2.22. The Balaban J connectivity index is 2.63. The van der Waals surface area contributed by atoms with Gasteiger partial charge in [0.15, 0.2) is 0 Å². The van der Waals surface area contributed by atoms with Gasteiger partial charge in [-0.3, -0.25) is 9.69 Å². The maximum Gasteiger partial charge on any atom is 0.268 e.